The van der Waals surface area contributed by atoms with Crippen molar-refractivity contribution in [3.8, 4) is 11.5 Å². The van der Waals surface area contributed by atoms with Gasteiger partial charge in [0.25, 0.3) is 0 Å². The third-order valence-corrected chi connectivity index (χ3v) is 6.09. The molecule has 0 spiro atoms. The zero-order chi connectivity index (χ0) is 12.9. The summed E-state index contributed by atoms with van der Waals surface area (Å²) in [5, 5.41) is 0.978. The van der Waals surface area contributed by atoms with Crippen molar-refractivity contribution in [2.45, 2.75) is 6.92 Å². The summed E-state index contributed by atoms with van der Waals surface area (Å²) < 4.78 is 19.0. The zero-order valence-electron chi connectivity index (χ0n) is 10.6. The molecule has 1 aliphatic heterocycles. The van der Waals surface area contributed by atoms with Crippen LogP contribution in [0.2, 0.25) is 0 Å². The van der Waals surface area contributed by atoms with Crippen molar-refractivity contribution in [1.82, 2.24) is 0 Å². The van der Waals surface area contributed by atoms with E-state index in [1.54, 1.807) is 6.07 Å². The molecule has 0 aromatic heterocycles. The minimum absolute atomic E-state index is 0. The largest absolute Gasteiger partial charge is 1.00 e. The molecule has 1 unspecified atom stereocenters. The smallest absolute Gasteiger partial charge is 0.456 e. The number of aryl methyl sites for hydroxylation is 1. The average Bonchev–Trinajstić information content (AvgIpc) is 2.32. The van der Waals surface area contributed by atoms with Gasteiger partial charge in [-0.25, -0.2) is 4.39 Å². The van der Waals surface area contributed by atoms with Crippen molar-refractivity contribution in [2.75, 3.05) is 0 Å². The molecule has 0 radical (unpaired) electrons. The molecule has 0 fully saturated rings. The Bertz CT molecular complexity index is 650. The topological polar surface area (TPSA) is 29.5 Å². The van der Waals surface area contributed by atoms with Gasteiger partial charge in [0.1, 0.15) is 23.6 Å². The van der Waals surface area contributed by atoms with Crippen molar-refractivity contribution >= 4 is 28.7 Å². The molecule has 0 amide bonds. The Morgan fingerprint density at radius 2 is 1.68 bits per heavy atom. The third kappa shape index (κ3) is 2.54. The van der Waals surface area contributed by atoms with Crippen molar-refractivity contribution in [1.29, 1.82) is 0 Å². The fraction of sp³-hybridized carbons (Fsp3) is 0.0769. The Morgan fingerprint density at radius 3 is 2.37 bits per heavy atom. The maximum atomic E-state index is 13.3. The number of hydrogen-bond acceptors (Lipinski definition) is 2. The van der Waals surface area contributed by atoms with Gasteiger partial charge < -0.3 is 9.63 Å². The number of benzene rings is 2. The first-order chi connectivity index (χ1) is 8.48. The molecule has 1 aliphatic rings. The van der Waals surface area contributed by atoms with E-state index in [2.05, 4.69) is 0 Å². The summed E-state index contributed by atoms with van der Waals surface area (Å²) in [5.41, 5.74) is 0.987. The molecule has 2 nitrogen and oxygen atoms in total. The second-order valence-electron chi connectivity index (χ2n) is 4.26. The van der Waals surface area contributed by atoms with E-state index in [0.29, 0.717) is 22.1 Å². The van der Waals surface area contributed by atoms with Crippen LogP contribution in [-0.2, 0) is 11.8 Å². The summed E-state index contributed by atoms with van der Waals surface area (Å²) in [6.07, 6.45) is -2.95. The predicted octanol–water partition coefficient (Wildman–Crippen LogP) is -0.419. The Balaban J connectivity index is 0.00000133. The molecule has 0 saturated heterocycles. The van der Waals surface area contributed by atoms with Crippen LogP contribution in [0.25, 0.3) is 0 Å². The van der Waals surface area contributed by atoms with Crippen LogP contribution in [0.5, 0.6) is 11.5 Å². The van der Waals surface area contributed by atoms with E-state index in [4.69, 9.17) is 16.5 Å². The van der Waals surface area contributed by atoms with E-state index in [0.717, 1.165) is 5.56 Å². The van der Waals surface area contributed by atoms with Crippen LogP contribution in [0.4, 0.5) is 4.39 Å². The number of ether oxygens (including phenoxy) is 1. The summed E-state index contributed by atoms with van der Waals surface area (Å²) in [7, 11) is 0. The molecular weight excluding hydrogens is 293 g/mol. The predicted molar refractivity (Wildman–Crippen MR) is 73.4 cm³/mol. The summed E-state index contributed by atoms with van der Waals surface area (Å²) >= 11 is 5.34. The molecule has 3 rings (SSSR count). The second kappa shape index (κ2) is 5.28. The molecule has 2 aromatic carbocycles. The molecule has 2 aromatic rings. The third-order valence-electron chi connectivity index (χ3n) is 2.91. The normalized spacial score (nSPS) is 19.7. The average molecular weight is 303 g/mol. The van der Waals surface area contributed by atoms with Gasteiger partial charge >= 0.3 is 29.6 Å². The van der Waals surface area contributed by atoms with Crippen molar-refractivity contribution < 1.29 is 43.6 Å². The molecule has 0 bridgehead atoms. The van der Waals surface area contributed by atoms with Crippen LogP contribution >= 0.6 is 6.26 Å². The molecule has 19 heavy (non-hydrogen) atoms. The van der Waals surface area contributed by atoms with Gasteiger partial charge in [0, 0.05) is 0 Å². The minimum Gasteiger partial charge on any atom is -0.456 e. The van der Waals surface area contributed by atoms with Crippen LogP contribution in [0.3, 0.4) is 0 Å². The second-order valence-corrected chi connectivity index (χ2v) is 7.96. The summed E-state index contributed by atoms with van der Waals surface area (Å²) in [5.74, 6) is 0.584. The van der Waals surface area contributed by atoms with Gasteiger partial charge in [-0.05, 0) is 37.3 Å². The van der Waals surface area contributed by atoms with Gasteiger partial charge in [-0.2, -0.15) is 0 Å². The van der Waals surface area contributed by atoms with Crippen LogP contribution in [-0.4, -0.2) is 4.89 Å². The molecule has 0 aliphatic carbocycles. The molecule has 1 heterocycles. The molecule has 0 saturated carbocycles. The maximum absolute atomic E-state index is 13.3. The Labute approximate surface area is 138 Å². The van der Waals surface area contributed by atoms with Crippen LogP contribution in [0.15, 0.2) is 36.4 Å². The van der Waals surface area contributed by atoms with Gasteiger partial charge in [-0.3, -0.25) is 0 Å². The van der Waals surface area contributed by atoms with E-state index in [-0.39, 0.29) is 29.6 Å². The standard InChI is InChI=1S/C13H10FO2PS.Na/c1-8-2-4-10-12(6-8)17(15,18)13-7-9(14)3-5-11(13)16-10;/h2-7H,1H3,(H,15,18);/q;+1. The Morgan fingerprint density at radius 1 is 1.11 bits per heavy atom. The Kier molecular flexibility index (Phi) is 4.22. The van der Waals surface area contributed by atoms with Gasteiger partial charge in [0.15, 0.2) is 0 Å². The molecule has 92 valence electrons. The van der Waals surface area contributed by atoms with Gasteiger partial charge in [-0.15, -0.1) is 0 Å². The van der Waals surface area contributed by atoms with Gasteiger partial charge in [-0.1, -0.05) is 23.4 Å². The van der Waals surface area contributed by atoms with E-state index in [9.17, 15) is 9.28 Å². The Hall–Kier alpha value is -0.220. The number of fused-ring (bicyclic) bond motifs is 2. The molecule has 1 N–H and O–H groups in total. The first kappa shape index (κ1) is 15.2. The SMILES string of the molecule is Cc1ccc2c(c1)P(O)(=S)c1cc(F)ccc1O2.[Na+]. The fourth-order valence-electron chi connectivity index (χ4n) is 2.01. The maximum Gasteiger partial charge on any atom is 1.00 e. The van der Waals surface area contributed by atoms with E-state index >= 15 is 0 Å². The summed E-state index contributed by atoms with van der Waals surface area (Å²) in [6.45, 7) is 1.91. The zero-order valence-corrected chi connectivity index (χ0v) is 14.3. The quantitative estimate of drug-likeness (QED) is 0.530. The van der Waals surface area contributed by atoms with Crippen molar-refractivity contribution in [2.24, 2.45) is 0 Å². The van der Waals surface area contributed by atoms with E-state index in [1.807, 2.05) is 19.1 Å². The molecule has 6 heteroatoms. The number of halogens is 1. The van der Waals surface area contributed by atoms with Crippen LogP contribution < -0.4 is 44.9 Å². The summed E-state index contributed by atoms with van der Waals surface area (Å²) in [6, 6.07) is 9.56. The summed E-state index contributed by atoms with van der Waals surface area (Å²) in [4.78, 5) is 10.6. The van der Waals surface area contributed by atoms with Crippen LogP contribution in [0.1, 0.15) is 5.56 Å². The fourth-order valence-corrected chi connectivity index (χ4v) is 4.64. The first-order valence-electron chi connectivity index (χ1n) is 5.40. The van der Waals surface area contributed by atoms with Crippen molar-refractivity contribution in [3.05, 3.63) is 47.8 Å². The number of hydrogen-bond donors (Lipinski definition) is 1. The van der Waals surface area contributed by atoms with Crippen LogP contribution in [0, 0.1) is 12.7 Å². The van der Waals surface area contributed by atoms with Crippen molar-refractivity contribution in [3.63, 3.8) is 0 Å². The van der Waals surface area contributed by atoms with Gasteiger partial charge in [0.2, 0.25) is 0 Å². The first-order valence-corrected chi connectivity index (χ1v) is 8.16. The number of rotatable bonds is 0. The van der Waals surface area contributed by atoms with Gasteiger partial charge in [0.05, 0.1) is 10.6 Å². The van der Waals surface area contributed by atoms with E-state index < -0.39 is 12.1 Å². The molecular formula is C13H10FNaO2PS+. The minimum atomic E-state index is -2.95. The van der Waals surface area contributed by atoms with E-state index in [1.165, 1.54) is 18.2 Å². The molecule has 1 atom stereocenters. The monoisotopic (exact) mass is 303 g/mol.